The molecule has 2 aliphatic rings. The molecule has 0 aromatic carbocycles. The van der Waals surface area contributed by atoms with Gasteiger partial charge in [-0.25, -0.2) is 0 Å². The maximum absolute atomic E-state index is 12.2. The lowest BCUT2D eigenvalue weighted by molar-refractivity contribution is 0.000874. The highest BCUT2D eigenvalue weighted by atomic mass is 32.2. The second-order valence-corrected chi connectivity index (χ2v) is 8.72. The number of allylic oxidation sites excluding steroid dienone is 1. The van der Waals surface area contributed by atoms with Gasteiger partial charge in [-0.05, 0) is 44.9 Å². The molecule has 2 aliphatic heterocycles. The summed E-state index contributed by atoms with van der Waals surface area (Å²) in [5.41, 5.74) is -0.509. The summed E-state index contributed by atoms with van der Waals surface area (Å²) in [5.74, 6) is 0. The minimum Gasteiger partial charge on any atom is -0.390 e. The summed E-state index contributed by atoms with van der Waals surface area (Å²) in [4.78, 5) is 0. The number of aliphatic hydroxyl groups is 1. The van der Waals surface area contributed by atoms with E-state index in [1.54, 1.807) is 0 Å². The van der Waals surface area contributed by atoms with Gasteiger partial charge >= 0.3 is 0 Å². The largest absolute Gasteiger partial charge is 0.390 e. The first-order valence-electron chi connectivity index (χ1n) is 8.37. The first kappa shape index (κ1) is 16.2. The summed E-state index contributed by atoms with van der Waals surface area (Å²) in [6.45, 7) is 3.74. The lowest BCUT2D eigenvalue weighted by Crippen LogP contribution is -2.48. The van der Waals surface area contributed by atoms with Crippen molar-refractivity contribution >= 4 is 10.8 Å². The van der Waals surface area contributed by atoms with Crippen LogP contribution in [0.15, 0.2) is 12.7 Å². The van der Waals surface area contributed by atoms with Crippen LogP contribution in [-0.2, 0) is 10.8 Å². The standard InChI is InChI=1S/C17H30O2S/c1-2-3-4-5-6-7-8-12-17(18)13-15-10-9-11-16(14-17)20(15)19/h2,15-16,18H,1,3-14H2. The quantitative estimate of drug-likeness (QED) is 0.541. The third-order valence-corrected chi connectivity index (χ3v) is 7.09. The minimum absolute atomic E-state index is 0.278. The van der Waals surface area contributed by atoms with E-state index in [9.17, 15) is 9.32 Å². The van der Waals surface area contributed by atoms with Crippen LogP contribution >= 0.6 is 0 Å². The number of fused-ring (bicyclic) bond motifs is 2. The molecule has 1 N–H and O–H groups in total. The molecule has 2 atom stereocenters. The molecule has 116 valence electrons. The van der Waals surface area contributed by atoms with Gasteiger partial charge in [-0.2, -0.15) is 0 Å². The zero-order valence-corrected chi connectivity index (χ0v) is 13.5. The fourth-order valence-electron chi connectivity index (χ4n) is 3.85. The number of unbranched alkanes of at least 4 members (excludes halogenated alkanes) is 5. The Bertz CT molecular complexity index is 324. The van der Waals surface area contributed by atoms with E-state index in [-0.39, 0.29) is 10.5 Å². The molecule has 2 bridgehead atoms. The van der Waals surface area contributed by atoms with Crippen LogP contribution in [0, 0.1) is 0 Å². The molecule has 2 heterocycles. The zero-order valence-electron chi connectivity index (χ0n) is 12.7. The summed E-state index contributed by atoms with van der Waals surface area (Å²) in [5, 5.41) is 11.3. The highest BCUT2D eigenvalue weighted by Gasteiger charge is 2.44. The lowest BCUT2D eigenvalue weighted by atomic mass is 9.82. The number of hydrogen-bond acceptors (Lipinski definition) is 2. The zero-order chi connectivity index (χ0) is 14.4. The van der Waals surface area contributed by atoms with Gasteiger partial charge < -0.3 is 5.11 Å². The monoisotopic (exact) mass is 298 g/mol. The van der Waals surface area contributed by atoms with Gasteiger partial charge in [0, 0.05) is 21.3 Å². The highest BCUT2D eigenvalue weighted by Crippen LogP contribution is 2.41. The Morgan fingerprint density at radius 2 is 1.70 bits per heavy atom. The predicted molar refractivity (Wildman–Crippen MR) is 86.3 cm³/mol. The van der Waals surface area contributed by atoms with Crippen molar-refractivity contribution in [1.82, 2.24) is 0 Å². The highest BCUT2D eigenvalue weighted by molar-refractivity contribution is 7.86. The van der Waals surface area contributed by atoms with Gasteiger partial charge in [0.25, 0.3) is 0 Å². The molecule has 2 nitrogen and oxygen atoms in total. The number of rotatable bonds is 8. The van der Waals surface area contributed by atoms with Gasteiger partial charge in [-0.3, -0.25) is 4.21 Å². The van der Waals surface area contributed by atoms with Crippen LogP contribution in [0.3, 0.4) is 0 Å². The van der Waals surface area contributed by atoms with Crippen LogP contribution in [0.25, 0.3) is 0 Å². The Morgan fingerprint density at radius 1 is 1.10 bits per heavy atom. The first-order valence-corrected chi connectivity index (χ1v) is 9.65. The average Bonchev–Trinajstić information content (AvgIpc) is 2.40. The van der Waals surface area contributed by atoms with Crippen molar-refractivity contribution in [3.63, 3.8) is 0 Å². The van der Waals surface area contributed by atoms with Crippen LogP contribution in [0.1, 0.15) is 77.0 Å². The van der Waals surface area contributed by atoms with E-state index in [2.05, 4.69) is 6.58 Å². The lowest BCUT2D eigenvalue weighted by Gasteiger charge is -2.43. The van der Waals surface area contributed by atoms with Gasteiger partial charge in [0.15, 0.2) is 0 Å². The molecule has 2 fully saturated rings. The third kappa shape index (κ3) is 4.42. The Balaban J connectivity index is 1.67. The summed E-state index contributed by atoms with van der Waals surface area (Å²) in [7, 11) is -0.665. The average molecular weight is 298 g/mol. The van der Waals surface area contributed by atoms with E-state index in [1.807, 2.05) is 6.08 Å². The molecule has 0 saturated carbocycles. The molecule has 0 aromatic rings. The maximum atomic E-state index is 12.2. The molecular weight excluding hydrogens is 268 g/mol. The van der Waals surface area contributed by atoms with Gasteiger partial charge in [0.1, 0.15) is 0 Å². The van der Waals surface area contributed by atoms with E-state index < -0.39 is 16.4 Å². The van der Waals surface area contributed by atoms with E-state index in [0.29, 0.717) is 0 Å². The molecule has 0 amide bonds. The Kier molecular flexibility index (Phi) is 6.28. The predicted octanol–water partition coefficient (Wildman–Crippen LogP) is 4.10. The molecule has 2 saturated heterocycles. The van der Waals surface area contributed by atoms with Crippen LogP contribution < -0.4 is 0 Å². The Morgan fingerprint density at radius 3 is 2.35 bits per heavy atom. The second-order valence-electron chi connectivity index (χ2n) is 6.73. The van der Waals surface area contributed by atoms with Crippen molar-refractivity contribution in [2.75, 3.05) is 0 Å². The van der Waals surface area contributed by atoms with Crippen molar-refractivity contribution in [2.45, 2.75) is 93.2 Å². The normalized spacial score (nSPS) is 36.8. The molecule has 2 unspecified atom stereocenters. The summed E-state index contributed by atoms with van der Waals surface area (Å²) in [6, 6.07) is 0. The molecule has 0 radical (unpaired) electrons. The van der Waals surface area contributed by atoms with Crippen LogP contribution in [0.5, 0.6) is 0 Å². The van der Waals surface area contributed by atoms with Crippen LogP contribution in [-0.4, -0.2) is 25.4 Å². The molecule has 20 heavy (non-hydrogen) atoms. The van der Waals surface area contributed by atoms with E-state index in [1.165, 1.54) is 32.1 Å². The fraction of sp³-hybridized carbons (Fsp3) is 0.882. The van der Waals surface area contributed by atoms with Crippen molar-refractivity contribution in [3.8, 4) is 0 Å². The van der Waals surface area contributed by atoms with Gasteiger partial charge in [0.05, 0.1) is 5.60 Å². The van der Waals surface area contributed by atoms with E-state index in [4.69, 9.17) is 0 Å². The van der Waals surface area contributed by atoms with E-state index >= 15 is 0 Å². The summed E-state index contributed by atoms with van der Waals surface area (Å²) >= 11 is 0. The van der Waals surface area contributed by atoms with Crippen LogP contribution in [0.2, 0.25) is 0 Å². The van der Waals surface area contributed by atoms with Crippen molar-refractivity contribution in [3.05, 3.63) is 12.7 Å². The topological polar surface area (TPSA) is 37.3 Å². The van der Waals surface area contributed by atoms with Gasteiger partial charge in [-0.15, -0.1) is 6.58 Å². The minimum atomic E-state index is -0.665. The smallest absolute Gasteiger partial charge is 0.0670 e. The van der Waals surface area contributed by atoms with Gasteiger partial charge in [0.2, 0.25) is 0 Å². The van der Waals surface area contributed by atoms with E-state index in [0.717, 1.165) is 44.9 Å². The Hall–Kier alpha value is -0.150. The van der Waals surface area contributed by atoms with Crippen molar-refractivity contribution in [1.29, 1.82) is 0 Å². The van der Waals surface area contributed by atoms with Crippen molar-refractivity contribution in [2.24, 2.45) is 0 Å². The molecule has 2 rings (SSSR count). The number of hydrogen-bond donors (Lipinski definition) is 1. The Labute approximate surface area is 126 Å². The molecule has 3 heteroatoms. The van der Waals surface area contributed by atoms with Gasteiger partial charge in [-0.1, -0.05) is 38.2 Å². The molecule has 0 aromatic heterocycles. The summed E-state index contributed by atoms with van der Waals surface area (Å²) in [6.07, 6.45) is 15.1. The second kappa shape index (κ2) is 7.74. The molecular formula is C17H30O2S. The molecule has 0 spiro atoms. The summed E-state index contributed by atoms with van der Waals surface area (Å²) < 4.78 is 12.2. The fourth-order valence-corrected chi connectivity index (χ4v) is 6.15. The van der Waals surface area contributed by atoms with Crippen molar-refractivity contribution < 1.29 is 9.32 Å². The third-order valence-electron chi connectivity index (χ3n) is 4.97. The maximum Gasteiger partial charge on any atom is 0.0670 e. The van der Waals surface area contributed by atoms with Crippen LogP contribution in [0.4, 0.5) is 0 Å². The first-order chi connectivity index (χ1) is 9.64. The molecule has 0 aliphatic carbocycles. The SMILES string of the molecule is C=CCCCCCCCC1(O)CC2CCCC(C1)S2=O.